The fourth-order valence-electron chi connectivity index (χ4n) is 4.04. The van der Waals surface area contributed by atoms with Crippen LogP contribution in [0.1, 0.15) is 24.0 Å². The molecule has 0 saturated carbocycles. The molecule has 2 aromatic carbocycles. The summed E-state index contributed by atoms with van der Waals surface area (Å²) in [5, 5.41) is 11.5. The molecule has 0 spiro atoms. The molecular weight excluding hydrogens is 441 g/mol. The van der Waals surface area contributed by atoms with Crippen molar-refractivity contribution in [1.82, 2.24) is 4.90 Å². The standard InChI is InChI=1S/C21H22INO3/c22-18-8-6-17(7-9-18)21(25,16-4-2-1-3-5-16)20(24)26-19-14-23-12-10-15(19)11-13-23/h1-9,15,19,25H,10-14H2/t19-,21+/m1/s1. The Bertz CT molecular complexity index is 772. The molecule has 3 saturated heterocycles. The molecule has 5 heteroatoms. The third kappa shape index (κ3) is 3.28. The highest BCUT2D eigenvalue weighted by Gasteiger charge is 2.45. The maximum atomic E-state index is 13.2. The van der Waals surface area contributed by atoms with E-state index in [0.29, 0.717) is 17.0 Å². The van der Waals surface area contributed by atoms with Crippen molar-refractivity contribution in [3.05, 3.63) is 69.3 Å². The van der Waals surface area contributed by atoms with Gasteiger partial charge in [-0.1, -0.05) is 42.5 Å². The SMILES string of the molecule is O=C(O[C@@H]1CN2CCC1CC2)[C@](O)(c1ccccc1)c1ccc(I)cc1. The van der Waals surface area contributed by atoms with Crippen molar-refractivity contribution in [2.24, 2.45) is 5.92 Å². The third-order valence-electron chi connectivity index (χ3n) is 5.60. The van der Waals surface area contributed by atoms with Crippen molar-refractivity contribution in [3.8, 4) is 0 Å². The van der Waals surface area contributed by atoms with Gasteiger partial charge in [0.2, 0.25) is 5.60 Å². The number of rotatable bonds is 4. The van der Waals surface area contributed by atoms with Gasteiger partial charge < -0.3 is 9.84 Å². The summed E-state index contributed by atoms with van der Waals surface area (Å²) < 4.78 is 6.95. The van der Waals surface area contributed by atoms with E-state index in [4.69, 9.17) is 4.74 Å². The Morgan fingerprint density at radius 1 is 1.04 bits per heavy atom. The van der Waals surface area contributed by atoms with E-state index in [1.807, 2.05) is 30.3 Å². The van der Waals surface area contributed by atoms with Crippen LogP contribution in [0.15, 0.2) is 54.6 Å². The number of benzene rings is 2. The molecule has 2 bridgehead atoms. The molecule has 0 aromatic heterocycles. The molecule has 5 rings (SSSR count). The van der Waals surface area contributed by atoms with Crippen LogP contribution in [-0.2, 0) is 15.1 Å². The second kappa shape index (κ2) is 7.29. The van der Waals surface area contributed by atoms with E-state index < -0.39 is 11.6 Å². The first-order chi connectivity index (χ1) is 12.6. The van der Waals surface area contributed by atoms with Crippen LogP contribution in [0.4, 0.5) is 0 Å². The molecule has 136 valence electrons. The zero-order chi connectivity index (χ0) is 18.1. The van der Waals surface area contributed by atoms with E-state index in [1.54, 1.807) is 24.3 Å². The van der Waals surface area contributed by atoms with E-state index in [9.17, 15) is 9.90 Å². The predicted octanol–water partition coefficient (Wildman–Crippen LogP) is 3.16. The lowest BCUT2D eigenvalue weighted by Gasteiger charge is -2.44. The summed E-state index contributed by atoms with van der Waals surface area (Å²) in [5.41, 5.74) is -0.722. The van der Waals surface area contributed by atoms with Gasteiger partial charge in [0.1, 0.15) is 6.10 Å². The number of hydrogen-bond donors (Lipinski definition) is 1. The smallest absolute Gasteiger partial charge is 0.348 e. The number of aliphatic hydroxyl groups is 1. The normalized spacial score (nSPS) is 26.9. The Labute approximate surface area is 167 Å². The predicted molar refractivity (Wildman–Crippen MR) is 108 cm³/mol. The van der Waals surface area contributed by atoms with E-state index >= 15 is 0 Å². The van der Waals surface area contributed by atoms with Crippen LogP contribution < -0.4 is 0 Å². The molecule has 0 amide bonds. The molecule has 0 radical (unpaired) electrons. The van der Waals surface area contributed by atoms with Crippen LogP contribution in [0.5, 0.6) is 0 Å². The highest BCUT2D eigenvalue weighted by molar-refractivity contribution is 14.1. The van der Waals surface area contributed by atoms with Gasteiger partial charge in [0.05, 0.1) is 0 Å². The van der Waals surface area contributed by atoms with Gasteiger partial charge in [0.15, 0.2) is 0 Å². The zero-order valence-electron chi connectivity index (χ0n) is 14.5. The number of piperidine rings is 3. The van der Waals surface area contributed by atoms with Gasteiger partial charge in [-0.05, 0) is 77.7 Å². The lowest BCUT2D eigenvalue weighted by Crippen LogP contribution is -2.53. The maximum absolute atomic E-state index is 13.2. The van der Waals surface area contributed by atoms with Crippen LogP contribution in [0.3, 0.4) is 0 Å². The van der Waals surface area contributed by atoms with Crippen molar-refractivity contribution in [2.45, 2.75) is 24.5 Å². The van der Waals surface area contributed by atoms with E-state index in [2.05, 4.69) is 27.5 Å². The largest absolute Gasteiger partial charge is 0.458 e. The number of hydrogen-bond acceptors (Lipinski definition) is 4. The molecule has 0 unspecified atom stereocenters. The molecule has 0 aliphatic carbocycles. The molecule has 2 atom stereocenters. The molecule has 26 heavy (non-hydrogen) atoms. The Balaban J connectivity index is 1.66. The molecule has 3 fully saturated rings. The number of nitrogens with zero attached hydrogens (tertiary/aromatic N) is 1. The number of esters is 1. The van der Waals surface area contributed by atoms with Gasteiger partial charge in [-0.15, -0.1) is 0 Å². The summed E-state index contributed by atoms with van der Waals surface area (Å²) >= 11 is 2.21. The summed E-state index contributed by atoms with van der Waals surface area (Å²) in [6.45, 7) is 2.94. The minimum atomic E-state index is -1.79. The van der Waals surface area contributed by atoms with Gasteiger partial charge >= 0.3 is 5.97 Å². The van der Waals surface area contributed by atoms with E-state index in [-0.39, 0.29) is 6.10 Å². The first-order valence-electron chi connectivity index (χ1n) is 9.05. The summed E-state index contributed by atoms with van der Waals surface area (Å²) in [5.74, 6) is -0.177. The summed E-state index contributed by atoms with van der Waals surface area (Å²) in [4.78, 5) is 15.5. The summed E-state index contributed by atoms with van der Waals surface area (Å²) in [6.07, 6.45) is 1.99. The van der Waals surface area contributed by atoms with Gasteiger partial charge in [-0.2, -0.15) is 0 Å². The van der Waals surface area contributed by atoms with Gasteiger partial charge in [0, 0.05) is 10.1 Å². The summed E-state index contributed by atoms with van der Waals surface area (Å²) in [6, 6.07) is 16.5. The fraction of sp³-hybridized carbons (Fsp3) is 0.381. The maximum Gasteiger partial charge on any atom is 0.348 e. The summed E-state index contributed by atoms with van der Waals surface area (Å²) in [7, 11) is 0. The van der Waals surface area contributed by atoms with Crippen LogP contribution in [0, 0.1) is 9.49 Å². The number of halogens is 1. The van der Waals surface area contributed by atoms with Crippen LogP contribution in [-0.4, -0.2) is 41.7 Å². The minimum Gasteiger partial charge on any atom is -0.458 e. The van der Waals surface area contributed by atoms with Gasteiger partial charge in [0.25, 0.3) is 0 Å². The van der Waals surface area contributed by atoms with Gasteiger partial charge in [-0.3, -0.25) is 4.90 Å². The van der Waals surface area contributed by atoms with Crippen molar-refractivity contribution in [3.63, 3.8) is 0 Å². The van der Waals surface area contributed by atoms with Crippen molar-refractivity contribution in [2.75, 3.05) is 19.6 Å². The molecule has 3 heterocycles. The van der Waals surface area contributed by atoms with Crippen LogP contribution in [0.2, 0.25) is 0 Å². The molecule has 4 nitrogen and oxygen atoms in total. The second-order valence-electron chi connectivity index (χ2n) is 7.17. The lowest BCUT2D eigenvalue weighted by atomic mass is 9.84. The highest BCUT2D eigenvalue weighted by Crippen LogP contribution is 2.35. The number of carbonyl (C=O) groups is 1. The molecule has 1 N–H and O–H groups in total. The number of carbonyl (C=O) groups excluding carboxylic acids is 1. The Morgan fingerprint density at radius 2 is 1.65 bits per heavy atom. The number of fused-ring (bicyclic) bond motifs is 3. The Morgan fingerprint density at radius 3 is 2.23 bits per heavy atom. The fourth-order valence-corrected chi connectivity index (χ4v) is 4.40. The molecule has 2 aromatic rings. The van der Waals surface area contributed by atoms with Crippen molar-refractivity contribution >= 4 is 28.6 Å². The molecular formula is C21H22INO3. The average Bonchev–Trinajstić information content (AvgIpc) is 2.69. The minimum absolute atomic E-state index is 0.135. The highest BCUT2D eigenvalue weighted by atomic mass is 127. The second-order valence-corrected chi connectivity index (χ2v) is 8.41. The van der Waals surface area contributed by atoms with Crippen LogP contribution >= 0.6 is 22.6 Å². The average molecular weight is 463 g/mol. The Kier molecular flexibility index (Phi) is 5.03. The first-order valence-corrected chi connectivity index (χ1v) is 10.1. The molecule has 3 aliphatic rings. The van der Waals surface area contributed by atoms with Crippen LogP contribution in [0.25, 0.3) is 0 Å². The Hall–Kier alpha value is -1.44. The number of ether oxygens (including phenoxy) is 1. The zero-order valence-corrected chi connectivity index (χ0v) is 16.6. The lowest BCUT2D eigenvalue weighted by molar-refractivity contribution is -0.177. The molecule has 3 aliphatic heterocycles. The van der Waals surface area contributed by atoms with E-state index in [1.165, 1.54) is 0 Å². The quantitative estimate of drug-likeness (QED) is 0.559. The van der Waals surface area contributed by atoms with E-state index in [0.717, 1.165) is 36.0 Å². The third-order valence-corrected chi connectivity index (χ3v) is 6.32. The van der Waals surface area contributed by atoms with Gasteiger partial charge in [-0.25, -0.2) is 4.79 Å². The topological polar surface area (TPSA) is 49.8 Å². The monoisotopic (exact) mass is 463 g/mol. The van der Waals surface area contributed by atoms with Crippen molar-refractivity contribution < 1.29 is 14.6 Å². The first kappa shape index (κ1) is 17.9. The van der Waals surface area contributed by atoms with Crippen molar-refractivity contribution in [1.29, 1.82) is 0 Å².